The SMILES string of the molecule is O=C(NC1CN2CC[C@H]1C2)c1ccc2[nH]ncc2c1. The molecule has 2 aromatic rings. The summed E-state index contributed by atoms with van der Waals surface area (Å²) >= 11 is 0. The highest BCUT2D eigenvalue weighted by Crippen LogP contribution is 2.28. The maximum atomic E-state index is 12.3. The van der Waals surface area contributed by atoms with Crippen molar-refractivity contribution < 1.29 is 4.79 Å². The van der Waals surface area contributed by atoms with Crippen molar-refractivity contribution in [3.8, 4) is 0 Å². The number of piperidine rings is 1. The number of nitrogens with zero attached hydrogens (tertiary/aromatic N) is 2. The lowest BCUT2D eigenvalue weighted by Crippen LogP contribution is -2.43. The maximum absolute atomic E-state index is 12.3. The first kappa shape index (κ1) is 11.0. The Kier molecular flexibility index (Phi) is 2.35. The molecule has 4 rings (SSSR count). The van der Waals surface area contributed by atoms with Crippen molar-refractivity contribution in [1.29, 1.82) is 0 Å². The average molecular weight is 256 g/mol. The van der Waals surface area contributed by atoms with Crippen molar-refractivity contribution in [1.82, 2.24) is 20.4 Å². The molecule has 2 aliphatic rings. The van der Waals surface area contributed by atoms with Gasteiger partial charge in [0.25, 0.3) is 5.91 Å². The predicted octanol–water partition coefficient (Wildman–Crippen LogP) is 0.997. The Hall–Kier alpha value is -1.88. The molecule has 1 amide bonds. The molecule has 3 heterocycles. The second kappa shape index (κ2) is 4.06. The fourth-order valence-electron chi connectivity index (χ4n) is 3.28. The second-order valence-corrected chi connectivity index (χ2v) is 5.56. The number of hydrogen-bond donors (Lipinski definition) is 2. The van der Waals surface area contributed by atoms with Crippen LogP contribution in [0.25, 0.3) is 10.9 Å². The summed E-state index contributed by atoms with van der Waals surface area (Å²) < 4.78 is 0. The standard InChI is InChI=1S/C14H16N4O/c19-14(16-13-8-18-4-3-10(13)7-18)9-1-2-12-11(5-9)6-15-17-12/h1-2,5-6,10,13H,3-4,7-8H2,(H,15,17)(H,16,19)/t10-,13?/m0/s1. The first-order chi connectivity index (χ1) is 9.29. The molecule has 2 saturated heterocycles. The summed E-state index contributed by atoms with van der Waals surface area (Å²) in [7, 11) is 0. The fourth-order valence-corrected chi connectivity index (χ4v) is 3.28. The summed E-state index contributed by atoms with van der Waals surface area (Å²) in [5.74, 6) is 0.670. The number of aromatic amines is 1. The summed E-state index contributed by atoms with van der Waals surface area (Å²) in [6.07, 6.45) is 2.96. The Morgan fingerprint density at radius 3 is 3.16 bits per heavy atom. The molecule has 0 radical (unpaired) electrons. The second-order valence-electron chi connectivity index (χ2n) is 5.56. The van der Waals surface area contributed by atoms with E-state index in [-0.39, 0.29) is 5.91 Å². The van der Waals surface area contributed by atoms with Crippen LogP contribution in [0.4, 0.5) is 0 Å². The van der Waals surface area contributed by atoms with Gasteiger partial charge in [0.15, 0.2) is 0 Å². The summed E-state index contributed by atoms with van der Waals surface area (Å²) in [5.41, 5.74) is 1.68. The van der Waals surface area contributed by atoms with E-state index in [4.69, 9.17) is 0 Å². The maximum Gasteiger partial charge on any atom is 0.251 e. The highest BCUT2D eigenvalue weighted by Gasteiger charge is 2.38. The molecule has 3 atom stereocenters. The first-order valence-corrected chi connectivity index (χ1v) is 6.76. The van der Waals surface area contributed by atoms with Crippen LogP contribution in [-0.2, 0) is 0 Å². The Labute approximate surface area is 111 Å². The zero-order valence-corrected chi connectivity index (χ0v) is 10.6. The van der Waals surface area contributed by atoms with Crippen LogP contribution in [0.15, 0.2) is 24.4 Å². The molecule has 2 fully saturated rings. The average Bonchev–Trinajstić information content (AvgIpc) is 3.13. The van der Waals surface area contributed by atoms with E-state index >= 15 is 0 Å². The number of amides is 1. The van der Waals surface area contributed by atoms with Crippen LogP contribution >= 0.6 is 0 Å². The van der Waals surface area contributed by atoms with E-state index in [9.17, 15) is 4.79 Å². The Morgan fingerprint density at radius 2 is 2.37 bits per heavy atom. The summed E-state index contributed by atoms with van der Waals surface area (Å²) in [6, 6.07) is 5.97. The van der Waals surface area contributed by atoms with Crippen molar-refractivity contribution in [2.24, 2.45) is 5.92 Å². The molecule has 0 saturated carbocycles. The molecule has 2 aliphatic heterocycles. The molecule has 5 heteroatoms. The summed E-state index contributed by atoms with van der Waals surface area (Å²) in [6.45, 7) is 3.34. The number of H-pyrrole nitrogens is 1. The van der Waals surface area contributed by atoms with E-state index in [1.54, 1.807) is 6.20 Å². The Morgan fingerprint density at radius 1 is 1.42 bits per heavy atom. The zero-order chi connectivity index (χ0) is 12.8. The predicted molar refractivity (Wildman–Crippen MR) is 71.9 cm³/mol. The monoisotopic (exact) mass is 256 g/mol. The zero-order valence-electron chi connectivity index (χ0n) is 10.6. The number of benzene rings is 1. The van der Waals surface area contributed by atoms with Gasteiger partial charge in [-0.05, 0) is 37.1 Å². The van der Waals surface area contributed by atoms with Gasteiger partial charge in [-0.25, -0.2) is 0 Å². The van der Waals surface area contributed by atoms with Gasteiger partial charge in [-0.15, -0.1) is 0 Å². The molecule has 0 spiro atoms. The van der Waals surface area contributed by atoms with E-state index in [0.717, 1.165) is 24.0 Å². The van der Waals surface area contributed by atoms with Crippen LogP contribution in [0, 0.1) is 5.92 Å². The molecule has 2 bridgehead atoms. The highest BCUT2D eigenvalue weighted by molar-refractivity contribution is 5.98. The summed E-state index contributed by atoms with van der Waals surface area (Å²) in [5, 5.41) is 11.0. The third kappa shape index (κ3) is 1.81. The van der Waals surface area contributed by atoms with Gasteiger partial charge in [-0.1, -0.05) is 0 Å². The largest absolute Gasteiger partial charge is 0.348 e. The van der Waals surface area contributed by atoms with Gasteiger partial charge in [0.1, 0.15) is 0 Å². The van der Waals surface area contributed by atoms with Crippen molar-refractivity contribution >= 4 is 16.8 Å². The number of rotatable bonds is 2. The molecule has 2 unspecified atom stereocenters. The van der Waals surface area contributed by atoms with Crippen molar-refractivity contribution in [2.75, 3.05) is 19.6 Å². The fraction of sp³-hybridized carbons (Fsp3) is 0.429. The topological polar surface area (TPSA) is 61.0 Å². The molecular formula is C14H16N4O. The molecule has 19 heavy (non-hydrogen) atoms. The Bertz CT molecular complexity index is 635. The number of carbonyl (C=O) groups is 1. The minimum atomic E-state index is 0.0295. The number of hydrogen-bond acceptors (Lipinski definition) is 3. The van der Waals surface area contributed by atoms with Crippen LogP contribution in [0.3, 0.4) is 0 Å². The summed E-state index contributed by atoms with van der Waals surface area (Å²) in [4.78, 5) is 14.7. The van der Waals surface area contributed by atoms with Crippen LogP contribution < -0.4 is 5.32 Å². The lowest BCUT2D eigenvalue weighted by molar-refractivity contribution is 0.0924. The quantitative estimate of drug-likeness (QED) is 0.842. The van der Waals surface area contributed by atoms with E-state index in [1.807, 2.05) is 18.2 Å². The van der Waals surface area contributed by atoms with Gasteiger partial charge < -0.3 is 10.2 Å². The van der Waals surface area contributed by atoms with Gasteiger partial charge in [0, 0.05) is 30.1 Å². The van der Waals surface area contributed by atoms with Gasteiger partial charge in [-0.2, -0.15) is 5.10 Å². The Balaban J connectivity index is 1.53. The van der Waals surface area contributed by atoms with Gasteiger partial charge in [0.05, 0.1) is 11.7 Å². The van der Waals surface area contributed by atoms with Gasteiger partial charge in [-0.3, -0.25) is 9.89 Å². The van der Waals surface area contributed by atoms with E-state index in [0.29, 0.717) is 17.5 Å². The van der Waals surface area contributed by atoms with E-state index in [1.165, 1.54) is 13.0 Å². The molecule has 1 aromatic carbocycles. The van der Waals surface area contributed by atoms with Crippen molar-refractivity contribution in [2.45, 2.75) is 12.5 Å². The van der Waals surface area contributed by atoms with Crippen molar-refractivity contribution in [3.05, 3.63) is 30.0 Å². The van der Waals surface area contributed by atoms with Crippen LogP contribution in [-0.4, -0.2) is 46.7 Å². The van der Waals surface area contributed by atoms with Gasteiger partial charge >= 0.3 is 0 Å². The van der Waals surface area contributed by atoms with Crippen LogP contribution in [0.2, 0.25) is 0 Å². The smallest absolute Gasteiger partial charge is 0.251 e. The lowest BCUT2D eigenvalue weighted by atomic mass is 9.99. The molecule has 0 aliphatic carbocycles. The number of aromatic nitrogens is 2. The molecule has 1 aromatic heterocycles. The molecule has 5 nitrogen and oxygen atoms in total. The van der Waals surface area contributed by atoms with E-state index in [2.05, 4.69) is 20.4 Å². The third-order valence-electron chi connectivity index (χ3n) is 4.35. The van der Waals surface area contributed by atoms with Crippen LogP contribution in [0.1, 0.15) is 16.8 Å². The molecule has 2 N–H and O–H groups in total. The van der Waals surface area contributed by atoms with Crippen LogP contribution in [0.5, 0.6) is 0 Å². The highest BCUT2D eigenvalue weighted by atomic mass is 16.1. The minimum absolute atomic E-state index is 0.0295. The lowest BCUT2D eigenvalue weighted by Gasteiger charge is -2.23. The van der Waals surface area contributed by atoms with Gasteiger partial charge in [0.2, 0.25) is 0 Å². The molecule has 98 valence electrons. The number of carbonyl (C=O) groups excluding carboxylic acids is 1. The first-order valence-electron chi connectivity index (χ1n) is 6.76. The minimum Gasteiger partial charge on any atom is -0.348 e. The number of fused-ring (bicyclic) bond motifs is 3. The van der Waals surface area contributed by atoms with Crippen molar-refractivity contribution in [3.63, 3.8) is 0 Å². The van der Waals surface area contributed by atoms with E-state index < -0.39 is 0 Å². The third-order valence-corrected chi connectivity index (χ3v) is 4.35. The normalized spacial score (nSPS) is 28.9. The number of nitrogens with one attached hydrogen (secondary N) is 2. The molecular weight excluding hydrogens is 240 g/mol.